The fourth-order valence-electron chi connectivity index (χ4n) is 1.83. The van der Waals surface area contributed by atoms with Crippen LogP contribution >= 0.6 is 0 Å². The predicted molar refractivity (Wildman–Crippen MR) is 50.7 cm³/mol. The lowest BCUT2D eigenvalue weighted by molar-refractivity contribution is -0.127. The van der Waals surface area contributed by atoms with Gasteiger partial charge in [0.25, 0.3) is 5.91 Å². The largest absolute Gasteiger partial charge is 0.297 e. The lowest BCUT2D eigenvalue weighted by Crippen LogP contribution is -2.49. The number of piperazine rings is 1. The van der Waals surface area contributed by atoms with Gasteiger partial charge < -0.3 is 0 Å². The molecule has 0 N–H and O–H groups in total. The highest BCUT2D eigenvalue weighted by Crippen LogP contribution is 2.16. The number of hydrogen-bond donors (Lipinski definition) is 0. The molecule has 0 saturated carbocycles. The average Bonchev–Trinajstić information content (AvgIpc) is 2.42. The molecule has 0 bridgehead atoms. The third-order valence-electron chi connectivity index (χ3n) is 2.67. The van der Waals surface area contributed by atoms with E-state index >= 15 is 0 Å². The van der Waals surface area contributed by atoms with Gasteiger partial charge in [0.05, 0.1) is 6.54 Å². The van der Waals surface area contributed by atoms with E-state index in [0.29, 0.717) is 0 Å². The molecule has 4 heteroatoms. The molecule has 0 aromatic carbocycles. The van der Waals surface area contributed by atoms with Crippen LogP contribution in [0, 0.1) is 0 Å². The van der Waals surface area contributed by atoms with Crippen molar-refractivity contribution in [3.63, 3.8) is 0 Å². The summed E-state index contributed by atoms with van der Waals surface area (Å²) in [6.45, 7) is 4.60. The zero-order valence-corrected chi connectivity index (χ0v) is 8.16. The number of nitrogens with zero attached hydrogens (tertiary/aromatic N) is 3. The summed E-state index contributed by atoms with van der Waals surface area (Å²) in [4.78, 5) is 20.1. The summed E-state index contributed by atoms with van der Waals surface area (Å²) in [6, 6.07) is -0.0958. The molecule has 1 amide bonds. The van der Waals surface area contributed by atoms with E-state index in [1.54, 1.807) is 0 Å². The van der Waals surface area contributed by atoms with E-state index in [1.807, 2.05) is 11.8 Å². The van der Waals surface area contributed by atoms with Crippen LogP contribution in [-0.4, -0.2) is 54.3 Å². The van der Waals surface area contributed by atoms with Crippen molar-refractivity contribution in [3.8, 4) is 0 Å². The molecule has 4 nitrogen and oxygen atoms in total. The molecule has 0 radical (unpaired) electrons. The van der Waals surface area contributed by atoms with E-state index < -0.39 is 0 Å². The fraction of sp³-hybridized carbons (Fsp3) is 0.778. The second kappa shape index (κ2) is 3.10. The van der Waals surface area contributed by atoms with Crippen molar-refractivity contribution in [3.05, 3.63) is 0 Å². The molecule has 1 fully saturated rings. The Morgan fingerprint density at radius 2 is 2.31 bits per heavy atom. The molecule has 0 spiro atoms. The first-order valence-corrected chi connectivity index (χ1v) is 4.79. The standard InChI is InChI=1S/C9H15N3O/c1-3-7-9(13)12-5-4-11(2)6-8(12)10-7/h7H,3-6H2,1-2H3. The molecule has 2 aliphatic heterocycles. The Morgan fingerprint density at radius 3 is 3.00 bits per heavy atom. The first-order chi connectivity index (χ1) is 6.22. The molecule has 1 unspecified atom stereocenters. The van der Waals surface area contributed by atoms with E-state index in [2.05, 4.69) is 16.9 Å². The number of rotatable bonds is 1. The minimum Gasteiger partial charge on any atom is -0.297 e. The van der Waals surface area contributed by atoms with Crippen LogP contribution in [-0.2, 0) is 4.79 Å². The van der Waals surface area contributed by atoms with Crippen molar-refractivity contribution in [2.24, 2.45) is 4.99 Å². The molecule has 2 heterocycles. The molecular formula is C9H15N3O. The highest BCUT2D eigenvalue weighted by molar-refractivity contribution is 6.07. The van der Waals surface area contributed by atoms with E-state index in [4.69, 9.17) is 0 Å². The summed E-state index contributed by atoms with van der Waals surface area (Å²) in [5.74, 6) is 1.16. The SMILES string of the molecule is CCC1N=C2CN(C)CCN2C1=O. The van der Waals surface area contributed by atoms with Gasteiger partial charge in [0.2, 0.25) is 0 Å². The molecule has 13 heavy (non-hydrogen) atoms. The summed E-state index contributed by atoms with van der Waals surface area (Å²) in [7, 11) is 2.06. The van der Waals surface area contributed by atoms with Gasteiger partial charge in [-0.25, -0.2) is 0 Å². The first kappa shape index (κ1) is 8.69. The molecule has 1 saturated heterocycles. The van der Waals surface area contributed by atoms with Gasteiger partial charge in [-0.3, -0.25) is 19.6 Å². The van der Waals surface area contributed by atoms with Gasteiger partial charge in [-0.15, -0.1) is 0 Å². The number of carbonyl (C=O) groups excluding carboxylic acids is 1. The minimum absolute atomic E-state index is 0.0958. The van der Waals surface area contributed by atoms with Crippen LogP contribution in [0.1, 0.15) is 13.3 Å². The molecule has 0 aromatic heterocycles. The number of hydrogen-bond acceptors (Lipinski definition) is 3. The Kier molecular flexibility index (Phi) is 2.07. The molecular weight excluding hydrogens is 166 g/mol. The van der Waals surface area contributed by atoms with Crippen LogP contribution in [0.3, 0.4) is 0 Å². The van der Waals surface area contributed by atoms with Crippen LogP contribution in [0.5, 0.6) is 0 Å². The smallest absolute Gasteiger partial charge is 0.252 e. The minimum atomic E-state index is -0.0958. The number of carbonyl (C=O) groups is 1. The Hall–Kier alpha value is -0.900. The lowest BCUT2D eigenvalue weighted by atomic mass is 10.2. The molecule has 0 aromatic rings. The van der Waals surface area contributed by atoms with Crippen LogP contribution in [0.15, 0.2) is 4.99 Å². The first-order valence-electron chi connectivity index (χ1n) is 4.79. The monoisotopic (exact) mass is 181 g/mol. The average molecular weight is 181 g/mol. The van der Waals surface area contributed by atoms with Crippen molar-refractivity contribution in [1.29, 1.82) is 0 Å². The number of likely N-dealkylation sites (N-methyl/N-ethyl adjacent to an activating group) is 1. The maximum Gasteiger partial charge on any atom is 0.252 e. The number of amides is 1. The maximum atomic E-state index is 11.7. The van der Waals surface area contributed by atoms with E-state index in [-0.39, 0.29) is 11.9 Å². The van der Waals surface area contributed by atoms with Gasteiger partial charge in [-0.05, 0) is 13.5 Å². The van der Waals surface area contributed by atoms with Crippen molar-refractivity contribution in [1.82, 2.24) is 9.80 Å². The maximum absolute atomic E-state index is 11.7. The Labute approximate surface area is 78.2 Å². The number of aliphatic imine (C=N–C) groups is 1. The van der Waals surface area contributed by atoms with Gasteiger partial charge in [0.15, 0.2) is 0 Å². The van der Waals surface area contributed by atoms with Crippen molar-refractivity contribution in [2.75, 3.05) is 26.7 Å². The summed E-state index contributed by atoms with van der Waals surface area (Å²) in [5, 5.41) is 0. The van der Waals surface area contributed by atoms with E-state index in [0.717, 1.165) is 31.9 Å². The highest BCUT2D eigenvalue weighted by atomic mass is 16.2. The lowest BCUT2D eigenvalue weighted by Gasteiger charge is -2.30. The Balaban J connectivity index is 2.17. The Bertz CT molecular complexity index is 262. The van der Waals surface area contributed by atoms with Crippen molar-refractivity contribution in [2.45, 2.75) is 19.4 Å². The van der Waals surface area contributed by atoms with Gasteiger partial charge in [-0.1, -0.05) is 6.92 Å². The summed E-state index contributed by atoms with van der Waals surface area (Å²) in [6.07, 6.45) is 0.822. The summed E-state index contributed by atoms with van der Waals surface area (Å²) >= 11 is 0. The zero-order valence-electron chi connectivity index (χ0n) is 8.16. The zero-order chi connectivity index (χ0) is 9.42. The number of amidine groups is 1. The summed E-state index contributed by atoms with van der Waals surface area (Å²) < 4.78 is 0. The van der Waals surface area contributed by atoms with E-state index in [9.17, 15) is 4.79 Å². The van der Waals surface area contributed by atoms with E-state index in [1.165, 1.54) is 0 Å². The fourth-order valence-corrected chi connectivity index (χ4v) is 1.83. The third kappa shape index (κ3) is 1.35. The number of fused-ring (bicyclic) bond motifs is 1. The van der Waals surface area contributed by atoms with Gasteiger partial charge in [0.1, 0.15) is 11.9 Å². The quantitative estimate of drug-likeness (QED) is 0.568. The molecule has 2 rings (SSSR count). The van der Waals surface area contributed by atoms with Crippen LogP contribution in [0.2, 0.25) is 0 Å². The highest BCUT2D eigenvalue weighted by Gasteiger charge is 2.35. The van der Waals surface area contributed by atoms with Crippen LogP contribution < -0.4 is 0 Å². The van der Waals surface area contributed by atoms with Crippen molar-refractivity contribution >= 4 is 11.7 Å². The van der Waals surface area contributed by atoms with Crippen LogP contribution in [0.4, 0.5) is 0 Å². The van der Waals surface area contributed by atoms with Crippen LogP contribution in [0.25, 0.3) is 0 Å². The molecule has 72 valence electrons. The third-order valence-corrected chi connectivity index (χ3v) is 2.67. The Morgan fingerprint density at radius 1 is 1.54 bits per heavy atom. The normalized spacial score (nSPS) is 29.1. The molecule has 2 aliphatic rings. The topological polar surface area (TPSA) is 35.9 Å². The van der Waals surface area contributed by atoms with Crippen molar-refractivity contribution < 1.29 is 4.79 Å². The van der Waals surface area contributed by atoms with Gasteiger partial charge in [-0.2, -0.15) is 0 Å². The summed E-state index contributed by atoms with van der Waals surface area (Å²) in [5.41, 5.74) is 0. The predicted octanol–water partition coefficient (Wildman–Crippen LogP) is -0.0489. The van der Waals surface area contributed by atoms with Gasteiger partial charge in [0, 0.05) is 13.1 Å². The van der Waals surface area contributed by atoms with Gasteiger partial charge >= 0.3 is 0 Å². The second-order valence-electron chi connectivity index (χ2n) is 3.70. The second-order valence-corrected chi connectivity index (χ2v) is 3.70. The molecule has 1 atom stereocenters. The molecule has 0 aliphatic carbocycles.